The lowest BCUT2D eigenvalue weighted by Crippen LogP contribution is -2.29. The summed E-state index contributed by atoms with van der Waals surface area (Å²) in [6.45, 7) is 0.791. The van der Waals surface area contributed by atoms with Crippen LogP contribution in [0.1, 0.15) is 34.9 Å². The van der Waals surface area contributed by atoms with Gasteiger partial charge in [0.15, 0.2) is 0 Å². The molecule has 19 heavy (non-hydrogen) atoms. The Balaban J connectivity index is 2.06. The molecule has 3 heterocycles. The lowest BCUT2D eigenvalue weighted by Gasteiger charge is -2.22. The van der Waals surface area contributed by atoms with Crippen molar-refractivity contribution < 1.29 is 4.79 Å². The maximum Gasteiger partial charge on any atom is 0.258 e. The highest BCUT2D eigenvalue weighted by Gasteiger charge is 2.37. The van der Waals surface area contributed by atoms with Crippen molar-refractivity contribution in [3.63, 3.8) is 0 Å². The summed E-state index contributed by atoms with van der Waals surface area (Å²) in [5, 5.41) is 0.509. The molecule has 2 aliphatic heterocycles. The zero-order chi connectivity index (χ0) is 13.0. The van der Waals surface area contributed by atoms with E-state index in [9.17, 15) is 4.79 Å². The van der Waals surface area contributed by atoms with Crippen molar-refractivity contribution in [2.24, 2.45) is 0 Å². The number of hydrogen-bond acceptors (Lipinski definition) is 2. The minimum atomic E-state index is 0.0341. The van der Waals surface area contributed by atoms with E-state index in [1.165, 1.54) is 0 Å². The van der Waals surface area contributed by atoms with Crippen molar-refractivity contribution in [1.29, 1.82) is 0 Å². The fourth-order valence-electron chi connectivity index (χ4n) is 3.14. The van der Waals surface area contributed by atoms with Crippen LogP contribution in [-0.4, -0.2) is 26.9 Å². The first kappa shape index (κ1) is 11.1. The molecule has 0 spiro atoms. The molecular formula is C14H12ClN3O. The normalized spacial score (nSPS) is 20.8. The Morgan fingerprint density at radius 1 is 1.37 bits per heavy atom. The molecule has 0 saturated carbocycles. The van der Waals surface area contributed by atoms with Crippen LogP contribution in [0.3, 0.4) is 0 Å². The van der Waals surface area contributed by atoms with Crippen LogP contribution >= 0.6 is 11.6 Å². The van der Waals surface area contributed by atoms with Gasteiger partial charge in [0.05, 0.1) is 40.5 Å². The third kappa shape index (κ3) is 1.40. The average molecular weight is 274 g/mol. The van der Waals surface area contributed by atoms with Crippen LogP contribution in [0.15, 0.2) is 30.7 Å². The van der Waals surface area contributed by atoms with E-state index in [0.29, 0.717) is 10.6 Å². The number of halogens is 1. The van der Waals surface area contributed by atoms with E-state index in [1.54, 1.807) is 12.4 Å². The summed E-state index contributed by atoms with van der Waals surface area (Å²) in [6, 6.07) is 5.69. The number of fused-ring (bicyclic) bond motifs is 5. The Bertz CT molecular complexity index is 679. The van der Waals surface area contributed by atoms with Crippen LogP contribution in [0.2, 0.25) is 5.02 Å². The molecule has 1 aromatic heterocycles. The molecule has 1 fully saturated rings. The Hall–Kier alpha value is -1.81. The minimum absolute atomic E-state index is 0.0341. The van der Waals surface area contributed by atoms with Gasteiger partial charge in [-0.3, -0.25) is 4.79 Å². The van der Waals surface area contributed by atoms with Crippen molar-refractivity contribution in [1.82, 2.24) is 14.5 Å². The number of imidazole rings is 1. The van der Waals surface area contributed by atoms with Gasteiger partial charge in [0, 0.05) is 6.54 Å². The van der Waals surface area contributed by atoms with E-state index in [1.807, 2.05) is 27.8 Å². The number of rotatable bonds is 0. The molecule has 2 aliphatic rings. The second-order valence-electron chi connectivity index (χ2n) is 4.98. The van der Waals surface area contributed by atoms with Gasteiger partial charge >= 0.3 is 0 Å². The van der Waals surface area contributed by atoms with Crippen molar-refractivity contribution in [3.05, 3.63) is 47.0 Å². The van der Waals surface area contributed by atoms with Gasteiger partial charge in [0.1, 0.15) is 0 Å². The Kier molecular flexibility index (Phi) is 2.23. The minimum Gasteiger partial charge on any atom is -0.330 e. The number of nitrogens with zero attached hydrogens (tertiary/aromatic N) is 3. The van der Waals surface area contributed by atoms with Crippen LogP contribution in [-0.2, 0) is 0 Å². The number of carbonyl (C=O) groups excluding carboxylic acids is 1. The van der Waals surface area contributed by atoms with Gasteiger partial charge in [-0.2, -0.15) is 0 Å². The zero-order valence-electron chi connectivity index (χ0n) is 10.2. The van der Waals surface area contributed by atoms with Gasteiger partial charge in [-0.05, 0) is 25.0 Å². The topological polar surface area (TPSA) is 38.1 Å². The SMILES string of the molecule is O=C1c2c(Cl)cccc2-n2cncc2[C@@H]2CCCN12. The number of aromatic nitrogens is 2. The predicted octanol–water partition coefficient (Wildman–Crippen LogP) is 2.82. The van der Waals surface area contributed by atoms with Crippen LogP contribution in [0, 0.1) is 0 Å². The third-order valence-corrected chi connectivity index (χ3v) is 4.30. The summed E-state index contributed by atoms with van der Waals surface area (Å²) in [5.74, 6) is 0.0341. The molecule has 1 amide bonds. The second-order valence-corrected chi connectivity index (χ2v) is 5.39. The first-order chi connectivity index (χ1) is 9.27. The van der Waals surface area contributed by atoms with Crippen LogP contribution in [0.4, 0.5) is 0 Å². The number of hydrogen-bond donors (Lipinski definition) is 0. The van der Waals surface area contributed by atoms with E-state index in [4.69, 9.17) is 11.6 Å². The molecule has 0 bridgehead atoms. The maximum atomic E-state index is 12.7. The standard InChI is InChI=1S/C14H12ClN3O/c15-9-3-1-4-11-13(9)14(19)17-6-2-5-10(17)12-7-16-8-18(11)12/h1,3-4,7-8,10H,2,5-6H2/t10-/m0/s1. The largest absolute Gasteiger partial charge is 0.330 e. The third-order valence-electron chi connectivity index (χ3n) is 3.99. The van der Waals surface area contributed by atoms with Crippen molar-refractivity contribution in [3.8, 4) is 5.69 Å². The van der Waals surface area contributed by atoms with Gasteiger partial charge in [0.2, 0.25) is 0 Å². The lowest BCUT2D eigenvalue weighted by atomic mass is 10.1. The first-order valence-corrected chi connectivity index (χ1v) is 6.77. The fourth-order valence-corrected chi connectivity index (χ4v) is 3.39. The highest BCUT2D eigenvalue weighted by Crippen LogP contribution is 2.39. The molecule has 4 rings (SSSR count). The molecule has 1 saturated heterocycles. The predicted molar refractivity (Wildman–Crippen MR) is 71.6 cm³/mol. The van der Waals surface area contributed by atoms with Gasteiger partial charge in [-0.25, -0.2) is 4.98 Å². The van der Waals surface area contributed by atoms with Gasteiger partial charge in [-0.15, -0.1) is 0 Å². The summed E-state index contributed by atoms with van der Waals surface area (Å²) in [7, 11) is 0. The Labute approximate surface area is 115 Å². The molecule has 1 aromatic carbocycles. The number of amides is 1. The summed E-state index contributed by atoms with van der Waals surface area (Å²) in [5.41, 5.74) is 2.50. The molecule has 1 atom stereocenters. The highest BCUT2D eigenvalue weighted by molar-refractivity contribution is 6.34. The van der Waals surface area contributed by atoms with Crippen LogP contribution in [0.25, 0.3) is 5.69 Å². The van der Waals surface area contributed by atoms with E-state index in [-0.39, 0.29) is 11.9 Å². The van der Waals surface area contributed by atoms with E-state index >= 15 is 0 Å². The van der Waals surface area contributed by atoms with E-state index in [0.717, 1.165) is 30.8 Å². The second kappa shape index (κ2) is 3.84. The van der Waals surface area contributed by atoms with E-state index in [2.05, 4.69) is 4.98 Å². The van der Waals surface area contributed by atoms with Crippen molar-refractivity contribution in [2.75, 3.05) is 6.54 Å². The molecule has 2 aromatic rings. The Morgan fingerprint density at radius 2 is 2.26 bits per heavy atom. The molecule has 4 nitrogen and oxygen atoms in total. The van der Waals surface area contributed by atoms with Crippen molar-refractivity contribution >= 4 is 17.5 Å². The van der Waals surface area contributed by atoms with Gasteiger partial charge in [-0.1, -0.05) is 17.7 Å². The molecule has 96 valence electrons. The van der Waals surface area contributed by atoms with Gasteiger partial charge < -0.3 is 9.47 Å². The number of benzene rings is 1. The smallest absolute Gasteiger partial charge is 0.258 e. The average Bonchev–Trinajstić information content (AvgIpc) is 3.04. The lowest BCUT2D eigenvalue weighted by molar-refractivity contribution is 0.0739. The monoisotopic (exact) mass is 273 g/mol. The zero-order valence-corrected chi connectivity index (χ0v) is 11.0. The molecule has 0 aliphatic carbocycles. The number of carbonyl (C=O) groups is 1. The van der Waals surface area contributed by atoms with E-state index < -0.39 is 0 Å². The molecule has 0 radical (unpaired) electrons. The van der Waals surface area contributed by atoms with Crippen LogP contribution < -0.4 is 0 Å². The maximum absolute atomic E-state index is 12.7. The van der Waals surface area contributed by atoms with Gasteiger partial charge in [0.25, 0.3) is 5.91 Å². The van der Waals surface area contributed by atoms with Crippen molar-refractivity contribution in [2.45, 2.75) is 18.9 Å². The fraction of sp³-hybridized carbons (Fsp3) is 0.286. The molecular weight excluding hydrogens is 262 g/mol. The quantitative estimate of drug-likeness (QED) is 0.740. The molecule has 0 N–H and O–H groups in total. The Morgan fingerprint density at radius 3 is 3.16 bits per heavy atom. The molecule has 0 unspecified atom stereocenters. The molecule has 5 heteroatoms. The summed E-state index contributed by atoms with van der Waals surface area (Å²) in [4.78, 5) is 18.9. The summed E-state index contributed by atoms with van der Waals surface area (Å²) in [6.07, 6.45) is 5.64. The first-order valence-electron chi connectivity index (χ1n) is 6.39. The van der Waals surface area contributed by atoms with Crippen LogP contribution in [0.5, 0.6) is 0 Å². The summed E-state index contributed by atoms with van der Waals surface area (Å²) < 4.78 is 2.00. The summed E-state index contributed by atoms with van der Waals surface area (Å²) >= 11 is 6.25. The highest BCUT2D eigenvalue weighted by atomic mass is 35.5.